The van der Waals surface area contributed by atoms with Crippen molar-refractivity contribution in [2.75, 3.05) is 38.1 Å². The molecule has 7 nitrogen and oxygen atoms in total. The van der Waals surface area contributed by atoms with Gasteiger partial charge in [0.15, 0.2) is 5.96 Å². The maximum Gasteiger partial charge on any atom is 0.205 e. The van der Waals surface area contributed by atoms with E-state index in [0.29, 0.717) is 6.54 Å². The minimum atomic E-state index is 0.685. The molecule has 8 heteroatoms. The number of aliphatic imine (C=N–C) groups is 1. The van der Waals surface area contributed by atoms with E-state index < -0.39 is 0 Å². The van der Waals surface area contributed by atoms with Gasteiger partial charge in [-0.05, 0) is 19.1 Å². The standard InChI is InChI=1S/C17H25N7S/c1-4-15-21-17(25-22-15)24-10-8-23(9-11-24)16(18-3)19-12-14-7-5-6-13(2)20-14/h5-7H,4,8-12H2,1-3H3,(H,18,19). The van der Waals surface area contributed by atoms with Gasteiger partial charge in [0.25, 0.3) is 0 Å². The van der Waals surface area contributed by atoms with Crippen molar-refractivity contribution in [3.8, 4) is 0 Å². The first-order valence-corrected chi connectivity index (χ1v) is 9.42. The van der Waals surface area contributed by atoms with E-state index in [2.05, 4.69) is 41.4 Å². The van der Waals surface area contributed by atoms with Gasteiger partial charge >= 0.3 is 0 Å². The maximum atomic E-state index is 4.59. The summed E-state index contributed by atoms with van der Waals surface area (Å²) < 4.78 is 4.38. The molecule has 0 radical (unpaired) electrons. The number of aromatic nitrogens is 3. The fourth-order valence-electron chi connectivity index (χ4n) is 2.83. The van der Waals surface area contributed by atoms with Crippen LogP contribution in [0.3, 0.4) is 0 Å². The Balaban J connectivity index is 1.53. The summed E-state index contributed by atoms with van der Waals surface area (Å²) in [6, 6.07) is 6.08. The van der Waals surface area contributed by atoms with Crippen LogP contribution < -0.4 is 10.2 Å². The van der Waals surface area contributed by atoms with Crippen LogP contribution in [0.1, 0.15) is 24.1 Å². The zero-order valence-electron chi connectivity index (χ0n) is 15.1. The first-order valence-electron chi connectivity index (χ1n) is 8.65. The Morgan fingerprint density at radius 3 is 2.68 bits per heavy atom. The van der Waals surface area contributed by atoms with Crippen LogP contribution in [0.5, 0.6) is 0 Å². The summed E-state index contributed by atoms with van der Waals surface area (Å²) in [6.45, 7) is 8.48. The summed E-state index contributed by atoms with van der Waals surface area (Å²) in [5.74, 6) is 1.86. The predicted octanol–water partition coefficient (Wildman–Crippen LogP) is 1.70. The third kappa shape index (κ3) is 4.45. The summed E-state index contributed by atoms with van der Waals surface area (Å²) in [5, 5.41) is 4.45. The SMILES string of the molecule is CCc1nsc(N2CCN(C(=NC)NCc3cccc(C)n3)CC2)n1. The lowest BCUT2D eigenvalue weighted by molar-refractivity contribution is 0.372. The lowest BCUT2D eigenvalue weighted by atomic mass is 10.3. The molecule has 3 heterocycles. The van der Waals surface area contributed by atoms with Crippen LogP contribution in [-0.2, 0) is 13.0 Å². The molecule has 0 aromatic carbocycles. The Hall–Kier alpha value is -2.22. The smallest absolute Gasteiger partial charge is 0.205 e. The van der Waals surface area contributed by atoms with Crippen LogP contribution in [0.2, 0.25) is 0 Å². The molecule has 134 valence electrons. The van der Waals surface area contributed by atoms with E-state index in [0.717, 1.165) is 60.9 Å². The Bertz CT molecular complexity index is 719. The van der Waals surface area contributed by atoms with Crippen molar-refractivity contribution in [2.45, 2.75) is 26.8 Å². The number of hydrogen-bond donors (Lipinski definition) is 1. The van der Waals surface area contributed by atoms with Crippen LogP contribution in [0.25, 0.3) is 0 Å². The first kappa shape index (κ1) is 17.6. The Morgan fingerprint density at radius 1 is 1.24 bits per heavy atom. The van der Waals surface area contributed by atoms with E-state index in [-0.39, 0.29) is 0 Å². The number of pyridine rings is 1. The topological polar surface area (TPSA) is 69.5 Å². The van der Waals surface area contributed by atoms with Gasteiger partial charge in [0, 0.05) is 56.9 Å². The second-order valence-corrected chi connectivity index (χ2v) is 6.72. The van der Waals surface area contributed by atoms with Gasteiger partial charge in [-0.25, -0.2) is 4.98 Å². The van der Waals surface area contributed by atoms with Gasteiger partial charge in [0.2, 0.25) is 5.13 Å². The molecular formula is C17H25N7S. The van der Waals surface area contributed by atoms with Crippen LogP contribution in [0.15, 0.2) is 23.2 Å². The van der Waals surface area contributed by atoms with Crippen molar-refractivity contribution in [1.29, 1.82) is 0 Å². The highest BCUT2D eigenvalue weighted by Gasteiger charge is 2.22. The molecule has 0 saturated carbocycles. The zero-order chi connectivity index (χ0) is 17.6. The third-order valence-corrected chi connectivity index (χ3v) is 5.02. The number of piperazine rings is 1. The minimum absolute atomic E-state index is 0.685. The van der Waals surface area contributed by atoms with E-state index >= 15 is 0 Å². The highest BCUT2D eigenvalue weighted by atomic mass is 32.1. The van der Waals surface area contributed by atoms with Crippen LogP contribution in [-0.4, -0.2) is 58.4 Å². The van der Waals surface area contributed by atoms with Gasteiger partial charge in [-0.3, -0.25) is 9.98 Å². The largest absolute Gasteiger partial charge is 0.351 e. The van der Waals surface area contributed by atoms with Crippen LogP contribution in [0, 0.1) is 6.92 Å². The van der Waals surface area contributed by atoms with E-state index in [1.807, 2.05) is 32.2 Å². The van der Waals surface area contributed by atoms with Gasteiger partial charge in [0.05, 0.1) is 12.2 Å². The van der Waals surface area contributed by atoms with Crippen molar-refractivity contribution in [2.24, 2.45) is 4.99 Å². The Kier molecular flexibility index (Phi) is 5.80. The number of guanidine groups is 1. The van der Waals surface area contributed by atoms with E-state index in [1.165, 1.54) is 11.5 Å². The molecule has 0 atom stereocenters. The van der Waals surface area contributed by atoms with Gasteiger partial charge in [-0.2, -0.15) is 4.37 Å². The number of hydrogen-bond acceptors (Lipinski definition) is 6. The molecule has 0 aliphatic carbocycles. The molecule has 0 unspecified atom stereocenters. The number of nitrogens with zero attached hydrogens (tertiary/aromatic N) is 6. The molecule has 2 aromatic heterocycles. The van der Waals surface area contributed by atoms with E-state index in [4.69, 9.17) is 0 Å². The van der Waals surface area contributed by atoms with Gasteiger partial charge < -0.3 is 15.1 Å². The number of anilines is 1. The lowest BCUT2D eigenvalue weighted by Gasteiger charge is -2.36. The fourth-order valence-corrected chi connectivity index (χ4v) is 3.63. The summed E-state index contributed by atoms with van der Waals surface area (Å²) >= 11 is 1.50. The summed E-state index contributed by atoms with van der Waals surface area (Å²) in [5.41, 5.74) is 2.06. The van der Waals surface area contributed by atoms with Crippen molar-refractivity contribution in [3.05, 3.63) is 35.4 Å². The van der Waals surface area contributed by atoms with E-state index in [1.54, 1.807) is 0 Å². The average molecular weight is 360 g/mol. The second-order valence-electron chi connectivity index (χ2n) is 5.99. The Labute approximate surface area is 153 Å². The minimum Gasteiger partial charge on any atom is -0.351 e. The van der Waals surface area contributed by atoms with Crippen LogP contribution in [0.4, 0.5) is 5.13 Å². The number of nitrogens with one attached hydrogen (secondary N) is 1. The normalized spacial score (nSPS) is 15.6. The first-order chi connectivity index (χ1) is 12.2. The van der Waals surface area contributed by atoms with Crippen molar-refractivity contribution >= 4 is 22.6 Å². The highest BCUT2D eigenvalue weighted by Crippen LogP contribution is 2.19. The molecule has 0 spiro atoms. The second kappa shape index (κ2) is 8.24. The number of aryl methyl sites for hydroxylation is 2. The molecule has 1 fully saturated rings. The van der Waals surface area contributed by atoms with Gasteiger partial charge in [-0.1, -0.05) is 13.0 Å². The quantitative estimate of drug-likeness (QED) is 0.662. The fraction of sp³-hybridized carbons (Fsp3) is 0.529. The molecule has 0 bridgehead atoms. The van der Waals surface area contributed by atoms with Gasteiger partial charge in [0.1, 0.15) is 5.82 Å². The monoisotopic (exact) mass is 359 g/mol. The maximum absolute atomic E-state index is 4.59. The summed E-state index contributed by atoms with van der Waals surface area (Å²) in [7, 11) is 1.83. The van der Waals surface area contributed by atoms with Gasteiger partial charge in [-0.15, -0.1) is 0 Å². The molecule has 25 heavy (non-hydrogen) atoms. The van der Waals surface area contributed by atoms with Crippen LogP contribution >= 0.6 is 11.5 Å². The molecule has 0 amide bonds. The molecule has 2 aromatic rings. The molecule has 1 saturated heterocycles. The zero-order valence-corrected chi connectivity index (χ0v) is 15.9. The lowest BCUT2D eigenvalue weighted by Crippen LogP contribution is -2.52. The third-order valence-electron chi connectivity index (χ3n) is 4.21. The average Bonchev–Trinajstić information content (AvgIpc) is 3.12. The molecule has 3 rings (SSSR count). The summed E-state index contributed by atoms with van der Waals surface area (Å²) in [6.07, 6.45) is 0.889. The highest BCUT2D eigenvalue weighted by molar-refractivity contribution is 7.09. The van der Waals surface area contributed by atoms with E-state index in [9.17, 15) is 0 Å². The number of rotatable bonds is 4. The molecule has 1 N–H and O–H groups in total. The summed E-state index contributed by atoms with van der Waals surface area (Å²) in [4.78, 5) is 18.1. The molecule has 1 aliphatic heterocycles. The van der Waals surface area contributed by atoms with Crippen molar-refractivity contribution < 1.29 is 0 Å². The Morgan fingerprint density at radius 2 is 2.04 bits per heavy atom. The molecular weight excluding hydrogens is 334 g/mol. The predicted molar refractivity (Wildman–Crippen MR) is 102 cm³/mol. The van der Waals surface area contributed by atoms with Crippen molar-refractivity contribution in [3.63, 3.8) is 0 Å². The van der Waals surface area contributed by atoms with Crippen molar-refractivity contribution in [1.82, 2.24) is 24.6 Å². The molecule has 1 aliphatic rings.